The van der Waals surface area contributed by atoms with Gasteiger partial charge in [-0.2, -0.15) is 23.0 Å². The Balaban J connectivity index is 1.62. The number of carboxylic acid groups (broad SMARTS) is 1. The first-order valence-corrected chi connectivity index (χ1v) is 12.2. The molecule has 1 aliphatic carbocycles. The third-order valence-corrected chi connectivity index (χ3v) is 7.49. The van der Waals surface area contributed by atoms with Crippen LogP contribution in [0.4, 0.5) is 10.5 Å². The molecule has 1 atom stereocenters. The highest BCUT2D eigenvalue weighted by Gasteiger charge is 2.38. The number of nitrogens with one attached hydrogen (secondary N) is 3. The zero-order valence-corrected chi connectivity index (χ0v) is 19.1. The van der Waals surface area contributed by atoms with Gasteiger partial charge < -0.3 is 14.9 Å². The van der Waals surface area contributed by atoms with E-state index >= 15 is 0 Å². The van der Waals surface area contributed by atoms with E-state index in [9.17, 15) is 23.1 Å². The molecule has 1 aromatic rings. The number of hydrogen-bond acceptors (Lipinski definition) is 6. The average molecular weight is 477 g/mol. The molecule has 1 saturated carbocycles. The Bertz CT molecular complexity index is 947. The van der Waals surface area contributed by atoms with Gasteiger partial charge in [-0.15, -0.1) is 0 Å². The summed E-state index contributed by atoms with van der Waals surface area (Å²) < 4.78 is 29.3. The molecule has 13 heteroatoms. The zero-order valence-electron chi connectivity index (χ0n) is 17.5. The number of anilines is 1. The van der Waals surface area contributed by atoms with Crippen molar-refractivity contribution in [2.24, 2.45) is 0 Å². The van der Waals surface area contributed by atoms with Crippen LogP contribution in [0, 0.1) is 0 Å². The number of aromatic nitrogens is 2. The van der Waals surface area contributed by atoms with Gasteiger partial charge in [-0.1, -0.05) is 11.6 Å². The van der Waals surface area contributed by atoms with Crippen LogP contribution in [0.2, 0.25) is 5.02 Å². The summed E-state index contributed by atoms with van der Waals surface area (Å²) in [5.41, 5.74) is 0.0134. The molecule has 0 spiro atoms. The smallest absolute Gasteiger partial charge is 0.407 e. The molecule has 11 nitrogen and oxygen atoms in total. The minimum atomic E-state index is -3.58. The van der Waals surface area contributed by atoms with Gasteiger partial charge in [0.1, 0.15) is 5.02 Å². The molecule has 0 aromatic carbocycles. The molecule has 1 saturated heterocycles. The Hall–Kier alpha value is -1.89. The summed E-state index contributed by atoms with van der Waals surface area (Å²) in [4.78, 5) is 27.2. The molecular formula is C18H29ClN6O5S. The van der Waals surface area contributed by atoms with Crippen LogP contribution < -0.4 is 19.9 Å². The van der Waals surface area contributed by atoms with E-state index in [1.54, 1.807) is 13.8 Å². The fourth-order valence-corrected chi connectivity index (χ4v) is 6.00. The molecule has 1 amide bonds. The summed E-state index contributed by atoms with van der Waals surface area (Å²) in [7, 11) is -3.58. The van der Waals surface area contributed by atoms with Gasteiger partial charge in [0.2, 0.25) is 0 Å². The fourth-order valence-electron chi connectivity index (χ4n) is 4.43. The van der Waals surface area contributed by atoms with E-state index in [0.717, 1.165) is 0 Å². The fraction of sp³-hybridized carbons (Fsp3) is 0.722. The van der Waals surface area contributed by atoms with Crippen molar-refractivity contribution in [1.29, 1.82) is 0 Å². The molecule has 1 aromatic heterocycles. The molecule has 0 unspecified atom stereocenters. The van der Waals surface area contributed by atoms with Gasteiger partial charge in [-0.3, -0.25) is 4.79 Å². The van der Waals surface area contributed by atoms with Gasteiger partial charge in [-0.05, 0) is 46.0 Å². The first-order chi connectivity index (χ1) is 14.6. The molecule has 4 N–H and O–H groups in total. The number of halogens is 1. The van der Waals surface area contributed by atoms with Crippen LogP contribution in [0.5, 0.6) is 0 Å². The van der Waals surface area contributed by atoms with Crippen molar-refractivity contribution < 1.29 is 18.3 Å². The maximum absolute atomic E-state index is 12.1. The maximum atomic E-state index is 12.1. The van der Waals surface area contributed by atoms with Crippen LogP contribution in [-0.4, -0.2) is 72.0 Å². The van der Waals surface area contributed by atoms with E-state index < -0.39 is 21.9 Å². The summed E-state index contributed by atoms with van der Waals surface area (Å²) in [5, 5.41) is 16.0. The maximum Gasteiger partial charge on any atom is 0.407 e. The molecule has 2 heterocycles. The van der Waals surface area contributed by atoms with Gasteiger partial charge in [-0.25, -0.2) is 9.89 Å². The lowest BCUT2D eigenvalue weighted by Gasteiger charge is -2.38. The highest BCUT2D eigenvalue weighted by molar-refractivity contribution is 7.87. The minimum absolute atomic E-state index is 0.0420. The second kappa shape index (κ2) is 9.72. The SMILES string of the molecule is CC(C)NS(=O)(=O)NC1CCC(N(C(=O)O)[C@@H]2CCN(c3cn[nH]c(=O)c3Cl)C2)CC1. The van der Waals surface area contributed by atoms with Crippen molar-refractivity contribution in [2.45, 2.75) is 70.1 Å². The third-order valence-electron chi connectivity index (χ3n) is 5.70. The summed E-state index contributed by atoms with van der Waals surface area (Å²) in [5.74, 6) is 0. The molecular weight excluding hydrogens is 448 g/mol. The number of amides is 1. The van der Waals surface area contributed by atoms with E-state index in [1.165, 1.54) is 11.1 Å². The van der Waals surface area contributed by atoms with Crippen molar-refractivity contribution in [3.05, 3.63) is 21.6 Å². The summed E-state index contributed by atoms with van der Waals surface area (Å²) in [6.07, 6.45) is 3.37. The first-order valence-electron chi connectivity index (χ1n) is 10.4. The molecule has 2 fully saturated rings. The van der Waals surface area contributed by atoms with Gasteiger partial charge in [0.15, 0.2) is 0 Å². The Labute approximate surface area is 186 Å². The van der Waals surface area contributed by atoms with Crippen molar-refractivity contribution in [3.63, 3.8) is 0 Å². The number of nitrogens with zero attached hydrogens (tertiary/aromatic N) is 3. The van der Waals surface area contributed by atoms with E-state index in [4.69, 9.17) is 11.6 Å². The quantitative estimate of drug-likeness (QED) is 0.461. The van der Waals surface area contributed by atoms with Gasteiger partial charge in [0.05, 0.1) is 17.9 Å². The topological polar surface area (TPSA) is 148 Å². The molecule has 2 aliphatic rings. The van der Waals surface area contributed by atoms with Gasteiger partial charge in [0.25, 0.3) is 15.8 Å². The van der Waals surface area contributed by atoms with Crippen LogP contribution >= 0.6 is 11.6 Å². The highest BCUT2D eigenvalue weighted by atomic mass is 35.5. The average Bonchev–Trinajstić information content (AvgIpc) is 3.13. The monoisotopic (exact) mass is 476 g/mol. The second-order valence-electron chi connectivity index (χ2n) is 8.38. The van der Waals surface area contributed by atoms with Crippen LogP contribution in [-0.2, 0) is 10.2 Å². The standard InChI is InChI=1S/C18H29ClN6O5S/c1-11(2)22-31(29,30)23-12-3-5-13(6-4-12)25(18(27)28)14-7-8-24(10-14)15-9-20-21-17(26)16(15)19/h9,11-14,22-23H,3-8,10H2,1-2H3,(H,21,26)(H,27,28)/t12?,13?,14-/m1/s1. The summed E-state index contributed by atoms with van der Waals surface area (Å²) in [6.45, 7) is 4.48. The van der Waals surface area contributed by atoms with E-state index in [0.29, 0.717) is 50.9 Å². The predicted molar refractivity (Wildman–Crippen MR) is 117 cm³/mol. The lowest BCUT2D eigenvalue weighted by molar-refractivity contribution is 0.0859. The Morgan fingerprint density at radius 1 is 1.29 bits per heavy atom. The molecule has 0 bridgehead atoms. The van der Waals surface area contributed by atoms with Gasteiger partial charge in [0, 0.05) is 31.2 Å². The van der Waals surface area contributed by atoms with Crippen molar-refractivity contribution >= 4 is 33.6 Å². The first kappa shape index (κ1) is 23.8. The lowest BCUT2D eigenvalue weighted by Crippen LogP contribution is -2.52. The van der Waals surface area contributed by atoms with Gasteiger partial charge >= 0.3 is 6.09 Å². The lowest BCUT2D eigenvalue weighted by atomic mass is 9.90. The Morgan fingerprint density at radius 3 is 2.58 bits per heavy atom. The number of carbonyl (C=O) groups is 1. The number of aromatic amines is 1. The second-order valence-corrected chi connectivity index (χ2v) is 10.2. The third kappa shape index (κ3) is 5.88. The highest BCUT2D eigenvalue weighted by Crippen LogP contribution is 2.31. The summed E-state index contributed by atoms with van der Waals surface area (Å²) >= 11 is 6.10. The Kier molecular flexibility index (Phi) is 7.45. The van der Waals surface area contributed by atoms with Crippen LogP contribution in [0.3, 0.4) is 0 Å². The summed E-state index contributed by atoms with van der Waals surface area (Å²) in [6, 6.07) is -0.850. The normalized spacial score (nSPS) is 24.5. The largest absolute Gasteiger partial charge is 0.465 e. The molecule has 0 radical (unpaired) electrons. The minimum Gasteiger partial charge on any atom is -0.465 e. The van der Waals surface area contributed by atoms with E-state index in [2.05, 4.69) is 19.6 Å². The molecule has 174 valence electrons. The zero-order chi connectivity index (χ0) is 22.8. The number of rotatable bonds is 7. The van der Waals surface area contributed by atoms with Crippen molar-refractivity contribution in [3.8, 4) is 0 Å². The van der Waals surface area contributed by atoms with Crippen LogP contribution in [0.1, 0.15) is 46.0 Å². The van der Waals surface area contributed by atoms with Crippen molar-refractivity contribution in [1.82, 2.24) is 24.5 Å². The van der Waals surface area contributed by atoms with E-state index in [-0.39, 0.29) is 29.2 Å². The number of H-pyrrole nitrogens is 1. The van der Waals surface area contributed by atoms with Crippen molar-refractivity contribution in [2.75, 3.05) is 18.0 Å². The predicted octanol–water partition coefficient (Wildman–Crippen LogP) is 1.13. The van der Waals surface area contributed by atoms with E-state index in [1.807, 2.05) is 4.90 Å². The molecule has 31 heavy (non-hydrogen) atoms. The van der Waals surface area contributed by atoms with Crippen LogP contribution in [0.25, 0.3) is 0 Å². The van der Waals surface area contributed by atoms with Crippen LogP contribution in [0.15, 0.2) is 11.0 Å². The number of hydrogen-bond donors (Lipinski definition) is 4. The Morgan fingerprint density at radius 2 is 1.97 bits per heavy atom. The molecule has 1 aliphatic heterocycles. The molecule has 3 rings (SSSR count).